The third kappa shape index (κ3) is 4.83. The molecule has 2 aromatic carbocycles. The van der Waals surface area contributed by atoms with Gasteiger partial charge in [0.1, 0.15) is 12.1 Å². The molecule has 0 spiro atoms. The quantitative estimate of drug-likeness (QED) is 0.522. The minimum atomic E-state index is -4.33. The van der Waals surface area contributed by atoms with Gasteiger partial charge in [-0.05, 0) is 55.7 Å². The number of nitrogens with zero attached hydrogens (tertiary/aromatic N) is 4. The molecule has 5 rings (SSSR count). The van der Waals surface area contributed by atoms with E-state index in [1.807, 2.05) is 6.92 Å². The fraction of sp³-hybridized carbons (Fsp3) is 0.346. The molecule has 0 bridgehead atoms. The maximum atomic E-state index is 13.4. The Labute approximate surface area is 209 Å². The van der Waals surface area contributed by atoms with E-state index in [4.69, 9.17) is 0 Å². The van der Waals surface area contributed by atoms with E-state index in [1.54, 1.807) is 35.4 Å². The van der Waals surface area contributed by atoms with Crippen molar-refractivity contribution < 1.29 is 22.2 Å². The van der Waals surface area contributed by atoms with Crippen LogP contribution in [0.3, 0.4) is 0 Å². The fourth-order valence-electron chi connectivity index (χ4n) is 5.09. The van der Waals surface area contributed by atoms with Gasteiger partial charge in [-0.25, -0.2) is 14.4 Å². The lowest BCUT2D eigenvalue weighted by atomic mass is 9.87. The largest absolute Gasteiger partial charge is 0.368 e. The molecule has 36 heavy (non-hydrogen) atoms. The topological polar surface area (TPSA) is 104 Å². The van der Waals surface area contributed by atoms with Crippen LogP contribution >= 0.6 is 0 Å². The summed E-state index contributed by atoms with van der Waals surface area (Å²) in [5.74, 6) is -0.459. The standard InChI is InChI=1S/C26H27FN4O4S/c1-17-2-7-24(36(33,34)35)22(12-17)20-14-31(15-20)26(32)19-8-10-30(11-9-19)23-13-28-16-29-25(23)18-3-5-21(27)6-4-18/h2-7,12-13,16,19-20H,8-11,14-15H2,1H3,(H,33,34,35). The number of likely N-dealkylation sites (tertiary alicyclic amines) is 1. The molecular formula is C26H27FN4O4S. The number of aromatic nitrogens is 2. The Morgan fingerprint density at radius 1 is 1.08 bits per heavy atom. The number of halogens is 1. The summed E-state index contributed by atoms with van der Waals surface area (Å²) in [5.41, 5.74) is 3.86. The van der Waals surface area contributed by atoms with Crippen LogP contribution in [0.5, 0.6) is 0 Å². The Kier molecular flexibility index (Phi) is 6.48. The summed E-state index contributed by atoms with van der Waals surface area (Å²) in [6, 6.07) is 11.0. The third-order valence-corrected chi connectivity index (χ3v) is 8.00. The molecule has 3 aromatic rings. The van der Waals surface area contributed by atoms with Crippen LogP contribution in [0.4, 0.5) is 10.1 Å². The lowest BCUT2D eigenvalue weighted by molar-refractivity contribution is -0.140. The number of rotatable bonds is 5. The number of piperidine rings is 1. The number of aryl methyl sites for hydroxylation is 1. The van der Waals surface area contributed by atoms with Crippen LogP contribution in [0.2, 0.25) is 0 Å². The predicted octanol–water partition coefficient (Wildman–Crippen LogP) is 3.68. The Hall–Kier alpha value is -3.37. The van der Waals surface area contributed by atoms with Gasteiger partial charge in [0.25, 0.3) is 10.1 Å². The zero-order chi connectivity index (χ0) is 25.4. The number of amides is 1. The Morgan fingerprint density at radius 3 is 2.44 bits per heavy atom. The molecule has 0 aliphatic carbocycles. The first-order valence-electron chi connectivity index (χ1n) is 11.9. The van der Waals surface area contributed by atoms with Crippen molar-refractivity contribution >= 4 is 21.7 Å². The second kappa shape index (κ2) is 9.59. The maximum Gasteiger partial charge on any atom is 0.294 e. The molecule has 10 heteroatoms. The van der Waals surface area contributed by atoms with Crippen LogP contribution in [0.1, 0.15) is 29.9 Å². The lowest BCUT2D eigenvalue weighted by Crippen LogP contribution is -2.52. The molecule has 0 unspecified atom stereocenters. The van der Waals surface area contributed by atoms with Crippen LogP contribution in [-0.2, 0) is 14.9 Å². The minimum Gasteiger partial charge on any atom is -0.368 e. The molecule has 1 aromatic heterocycles. The molecule has 1 amide bonds. The number of anilines is 1. The number of hydrogen-bond acceptors (Lipinski definition) is 6. The maximum absolute atomic E-state index is 13.4. The van der Waals surface area contributed by atoms with Gasteiger partial charge in [0, 0.05) is 43.6 Å². The van der Waals surface area contributed by atoms with Crippen molar-refractivity contribution in [3.8, 4) is 11.3 Å². The summed E-state index contributed by atoms with van der Waals surface area (Å²) in [5, 5.41) is 0. The first kappa shape index (κ1) is 24.3. The Balaban J connectivity index is 1.22. The zero-order valence-corrected chi connectivity index (χ0v) is 20.7. The van der Waals surface area contributed by atoms with Gasteiger partial charge in [0.2, 0.25) is 5.91 Å². The van der Waals surface area contributed by atoms with E-state index in [0.717, 1.165) is 22.5 Å². The van der Waals surface area contributed by atoms with E-state index >= 15 is 0 Å². The van der Waals surface area contributed by atoms with Gasteiger partial charge in [-0.1, -0.05) is 17.7 Å². The van der Waals surface area contributed by atoms with Gasteiger partial charge < -0.3 is 9.80 Å². The van der Waals surface area contributed by atoms with Crippen LogP contribution in [-0.4, -0.2) is 59.9 Å². The van der Waals surface area contributed by atoms with Crippen molar-refractivity contribution in [3.63, 3.8) is 0 Å². The van der Waals surface area contributed by atoms with Crippen molar-refractivity contribution in [1.82, 2.24) is 14.9 Å². The Morgan fingerprint density at radius 2 is 1.78 bits per heavy atom. The van der Waals surface area contributed by atoms with Crippen molar-refractivity contribution in [2.45, 2.75) is 30.6 Å². The Bertz CT molecular complexity index is 1380. The number of benzene rings is 2. The van der Waals surface area contributed by atoms with Crippen molar-refractivity contribution in [2.75, 3.05) is 31.1 Å². The van der Waals surface area contributed by atoms with Crippen LogP contribution < -0.4 is 4.90 Å². The SMILES string of the molecule is Cc1ccc(S(=O)(=O)O)c(C2CN(C(=O)C3CCN(c4cncnc4-c4ccc(F)cc4)CC3)C2)c1. The lowest BCUT2D eigenvalue weighted by Gasteiger charge is -2.43. The smallest absolute Gasteiger partial charge is 0.294 e. The average Bonchev–Trinajstić information content (AvgIpc) is 2.83. The highest BCUT2D eigenvalue weighted by Gasteiger charge is 2.38. The third-order valence-electron chi connectivity index (χ3n) is 7.07. The van der Waals surface area contributed by atoms with E-state index in [1.165, 1.54) is 24.5 Å². The monoisotopic (exact) mass is 510 g/mol. The molecule has 2 aliphatic rings. The first-order chi connectivity index (χ1) is 17.2. The molecule has 8 nitrogen and oxygen atoms in total. The van der Waals surface area contributed by atoms with Gasteiger partial charge in [-0.2, -0.15) is 8.42 Å². The molecule has 2 fully saturated rings. The molecule has 3 heterocycles. The van der Waals surface area contributed by atoms with E-state index in [9.17, 15) is 22.2 Å². The predicted molar refractivity (Wildman–Crippen MR) is 133 cm³/mol. The normalized spacial score (nSPS) is 17.2. The van der Waals surface area contributed by atoms with Crippen LogP contribution in [0, 0.1) is 18.7 Å². The van der Waals surface area contributed by atoms with Gasteiger partial charge >= 0.3 is 0 Å². The summed E-state index contributed by atoms with van der Waals surface area (Å²) in [6.07, 6.45) is 4.58. The molecule has 188 valence electrons. The summed E-state index contributed by atoms with van der Waals surface area (Å²) in [6.45, 7) is 4.07. The number of hydrogen-bond donors (Lipinski definition) is 1. The molecule has 2 aliphatic heterocycles. The summed E-state index contributed by atoms with van der Waals surface area (Å²) in [4.78, 5) is 25.6. The molecule has 0 radical (unpaired) electrons. The second-order valence-corrected chi connectivity index (χ2v) is 10.9. The van der Waals surface area contributed by atoms with Gasteiger partial charge in [-0.15, -0.1) is 0 Å². The highest BCUT2D eigenvalue weighted by atomic mass is 32.2. The average molecular weight is 511 g/mol. The molecule has 0 atom stereocenters. The summed E-state index contributed by atoms with van der Waals surface area (Å²) < 4.78 is 46.5. The van der Waals surface area contributed by atoms with Crippen molar-refractivity contribution in [2.24, 2.45) is 5.92 Å². The highest BCUT2D eigenvalue weighted by molar-refractivity contribution is 7.85. The molecular weight excluding hydrogens is 483 g/mol. The van der Waals surface area contributed by atoms with Crippen LogP contribution in [0.25, 0.3) is 11.3 Å². The molecule has 1 N–H and O–H groups in total. The van der Waals surface area contributed by atoms with Gasteiger partial charge in [-0.3, -0.25) is 9.35 Å². The van der Waals surface area contributed by atoms with E-state index in [-0.39, 0.29) is 28.5 Å². The van der Waals surface area contributed by atoms with E-state index in [0.29, 0.717) is 44.6 Å². The van der Waals surface area contributed by atoms with Crippen molar-refractivity contribution in [3.05, 3.63) is 71.9 Å². The summed E-state index contributed by atoms with van der Waals surface area (Å²) >= 11 is 0. The van der Waals surface area contributed by atoms with Crippen molar-refractivity contribution in [1.29, 1.82) is 0 Å². The fourth-order valence-corrected chi connectivity index (χ4v) is 5.85. The minimum absolute atomic E-state index is 0.0787. The van der Waals surface area contributed by atoms with Gasteiger partial charge in [0.05, 0.1) is 22.5 Å². The van der Waals surface area contributed by atoms with Gasteiger partial charge in [0.15, 0.2) is 0 Å². The highest BCUT2D eigenvalue weighted by Crippen LogP contribution is 2.36. The first-order valence-corrected chi connectivity index (χ1v) is 13.3. The van der Waals surface area contributed by atoms with Crippen LogP contribution in [0.15, 0.2) is 59.9 Å². The van der Waals surface area contributed by atoms with E-state index < -0.39 is 10.1 Å². The van der Waals surface area contributed by atoms with E-state index in [2.05, 4.69) is 14.9 Å². The number of carbonyl (C=O) groups is 1. The zero-order valence-electron chi connectivity index (χ0n) is 19.8. The second-order valence-electron chi connectivity index (χ2n) is 9.48. The molecule has 2 saturated heterocycles. The molecule has 0 saturated carbocycles. The summed E-state index contributed by atoms with van der Waals surface area (Å²) in [7, 11) is -4.33. The number of carbonyl (C=O) groups excluding carboxylic acids is 1.